The Morgan fingerprint density at radius 1 is 1.04 bits per heavy atom. The van der Waals surface area contributed by atoms with Gasteiger partial charge >= 0.3 is 0 Å². The Labute approximate surface area is 143 Å². The minimum Gasteiger partial charge on any atom is -0.484 e. The van der Waals surface area contributed by atoms with E-state index in [4.69, 9.17) is 4.74 Å². The van der Waals surface area contributed by atoms with E-state index in [0.29, 0.717) is 17.1 Å². The fourth-order valence-corrected chi connectivity index (χ4v) is 2.23. The molecule has 5 nitrogen and oxygen atoms in total. The fraction of sp³-hybridized carbons (Fsp3) is 0.176. The molecule has 0 bridgehead atoms. The zero-order chi connectivity index (χ0) is 16.8. The molecule has 0 radical (unpaired) electrons. The second-order valence-corrected chi connectivity index (χ2v) is 5.87. The Hall–Kier alpha value is -2.34. The summed E-state index contributed by atoms with van der Waals surface area (Å²) in [6.07, 6.45) is 0. The molecule has 0 fully saturated rings. The maximum Gasteiger partial charge on any atom is 0.262 e. The lowest BCUT2D eigenvalue weighted by atomic mass is 10.1. The summed E-state index contributed by atoms with van der Waals surface area (Å²) in [5.41, 5.74) is 2.10. The molecule has 2 N–H and O–H groups in total. The van der Waals surface area contributed by atoms with Gasteiger partial charge in [-0.3, -0.25) is 9.59 Å². The van der Waals surface area contributed by atoms with Crippen molar-refractivity contribution in [2.45, 2.75) is 13.8 Å². The predicted molar refractivity (Wildman–Crippen MR) is 93.7 cm³/mol. The van der Waals surface area contributed by atoms with Gasteiger partial charge in [-0.1, -0.05) is 22.0 Å². The molecule has 2 amide bonds. The van der Waals surface area contributed by atoms with Crippen molar-refractivity contribution in [1.29, 1.82) is 0 Å². The lowest BCUT2D eigenvalue weighted by Crippen LogP contribution is -2.21. The molecule has 0 aliphatic rings. The lowest BCUT2D eigenvalue weighted by Gasteiger charge is -2.13. The molecule has 0 saturated carbocycles. The van der Waals surface area contributed by atoms with Crippen LogP contribution in [0.15, 0.2) is 46.9 Å². The molecule has 0 heterocycles. The SMILES string of the molecule is CC(=O)Nc1cccc(NC(=O)COc2ccc(Br)cc2)c1C. The van der Waals surface area contributed by atoms with Gasteiger partial charge in [0.15, 0.2) is 6.61 Å². The highest BCUT2D eigenvalue weighted by Gasteiger charge is 2.09. The number of hydrogen-bond acceptors (Lipinski definition) is 3. The minimum atomic E-state index is -0.268. The van der Waals surface area contributed by atoms with Gasteiger partial charge in [0.1, 0.15) is 5.75 Å². The molecule has 0 aliphatic carbocycles. The Bertz CT molecular complexity index is 714. The molecule has 0 aliphatic heterocycles. The summed E-state index contributed by atoms with van der Waals surface area (Å²) >= 11 is 3.34. The summed E-state index contributed by atoms with van der Waals surface area (Å²) in [5.74, 6) is 0.193. The van der Waals surface area contributed by atoms with Crippen molar-refractivity contribution in [3.8, 4) is 5.75 Å². The number of carbonyl (C=O) groups excluding carboxylic acids is 2. The van der Waals surface area contributed by atoms with Crippen molar-refractivity contribution in [2.75, 3.05) is 17.2 Å². The summed E-state index contributed by atoms with van der Waals surface area (Å²) in [4.78, 5) is 23.2. The molecule has 6 heteroatoms. The van der Waals surface area contributed by atoms with Crippen LogP contribution >= 0.6 is 15.9 Å². The molecule has 0 aromatic heterocycles. The smallest absolute Gasteiger partial charge is 0.262 e. The fourth-order valence-electron chi connectivity index (χ4n) is 1.96. The zero-order valence-electron chi connectivity index (χ0n) is 12.9. The van der Waals surface area contributed by atoms with Gasteiger partial charge in [-0.2, -0.15) is 0 Å². The summed E-state index contributed by atoms with van der Waals surface area (Å²) in [5, 5.41) is 5.50. The summed E-state index contributed by atoms with van der Waals surface area (Å²) < 4.78 is 6.37. The predicted octanol–water partition coefficient (Wildman–Crippen LogP) is 3.73. The Balaban J connectivity index is 1.97. The van der Waals surface area contributed by atoms with Crippen LogP contribution in [0.4, 0.5) is 11.4 Å². The molecule has 2 aromatic rings. The van der Waals surface area contributed by atoms with Crippen molar-refractivity contribution in [3.63, 3.8) is 0 Å². The molecule has 0 atom stereocenters. The maximum atomic E-state index is 12.0. The lowest BCUT2D eigenvalue weighted by molar-refractivity contribution is -0.118. The first-order valence-corrected chi connectivity index (χ1v) is 7.80. The highest BCUT2D eigenvalue weighted by Crippen LogP contribution is 2.23. The molecular formula is C17H17BrN2O3. The van der Waals surface area contributed by atoms with E-state index in [2.05, 4.69) is 26.6 Å². The van der Waals surface area contributed by atoms with E-state index in [1.54, 1.807) is 30.3 Å². The van der Waals surface area contributed by atoms with E-state index in [0.717, 1.165) is 10.0 Å². The van der Waals surface area contributed by atoms with Crippen LogP contribution in [0.1, 0.15) is 12.5 Å². The van der Waals surface area contributed by atoms with Crippen LogP contribution in [0, 0.1) is 6.92 Å². The van der Waals surface area contributed by atoms with Crippen molar-refractivity contribution < 1.29 is 14.3 Å². The summed E-state index contributed by atoms with van der Waals surface area (Å²) in [7, 11) is 0. The van der Waals surface area contributed by atoms with Gasteiger partial charge in [0.2, 0.25) is 5.91 Å². The first-order valence-electron chi connectivity index (χ1n) is 7.01. The van der Waals surface area contributed by atoms with Crippen LogP contribution < -0.4 is 15.4 Å². The number of hydrogen-bond donors (Lipinski definition) is 2. The molecule has 2 rings (SSSR count). The number of benzene rings is 2. The van der Waals surface area contributed by atoms with Crippen molar-refractivity contribution in [1.82, 2.24) is 0 Å². The van der Waals surface area contributed by atoms with Gasteiger partial charge in [-0.25, -0.2) is 0 Å². The van der Waals surface area contributed by atoms with Crippen LogP contribution in [0.5, 0.6) is 5.75 Å². The van der Waals surface area contributed by atoms with E-state index in [-0.39, 0.29) is 18.4 Å². The van der Waals surface area contributed by atoms with E-state index in [1.807, 2.05) is 19.1 Å². The topological polar surface area (TPSA) is 67.4 Å². The summed E-state index contributed by atoms with van der Waals surface area (Å²) in [6, 6.07) is 12.6. The summed E-state index contributed by atoms with van der Waals surface area (Å²) in [6.45, 7) is 3.18. The van der Waals surface area contributed by atoms with E-state index >= 15 is 0 Å². The van der Waals surface area contributed by atoms with Gasteiger partial charge in [0.05, 0.1) is 0 Å². The van der Waals surface area contributed by atoms with Gasteiger partial charge in [-0.05, 0) is 48.9 Å². The van der Waals surface area contributed by atoms with Crippen molar-refractivity contribution in [3.05, 3.63) is 52.5 Å². The molecule has 0 unspecified atom stereocenters. The number of amides is 2. The third-order valence-electron chi connectivity index (χ3n) is 3.10. The third-order valence-corrected chi connectivity index (χ3v) is 3.63. The second-order valence-electron chi connectivity index (χ2n) is 4.95. The average molecular weight is 377 g/mol. The highest BCUT2D eigenvalue weighted by atomic mass is 79.9. The maximum absolute atomic E-state index is 12.0. The van der Waals surface area contributed by atoms with Gasteiger partial charge < -0.3 is 15.4 Å². The van der Waals surface area contributed by atoms with Gasteiger partial charge in [-0.15, -0.1) is 0 Å². The largest absolute Gasteiger partial charge is 0.484 e. The monoisotopic (exact) mass is 376 g/mol. The van der Waals surface area contributed by atoms with Crippen LogP contribution in [0.3, 0.4) is 0 Å². The van der Waals surface area contributed by atoms with Crippen LogP contribution in [-0.2, 0) is 9.59 Å². The molecule has 23 heavy (non-hydrogen) atoms. The zero-order valence-corrected chi connectivity index (χ0v) is 14.4. The number of nitrogens with one attached hydrogen (secondary N) is 2. The van der Waals surface area contributed by atoms with Crippen molar-refractivity contribution in [2.24, 2.45) is 0 Å². The molecule has 0 saturated heterocycles. The van der Waals surface area contributed by atoms with E-state index < -0.39 is 0 Å². The molecule has 2 aromatic carbocycles. The average Bonchev–Trinajstić information content (AvgIpc) is 2.50. The Morgan fingerprint density at radius 2 is 1.65 bits per heavy atom. The number of ether oxygens (including phenoxy) is 1. The third kappa shape index (κ3) is 5.10. The first-order chi connectivity index (χ1) is 11.0. The Kier molecular flexibility index (Phi) is 5.76. The molecule has 120 valence electrons. The standard InChI is InChI=1S/C17H17BrN2O3/c1-11-15(19-12(2)21)4-3-5-16(11)20-17(22)10-23-14-8-6-13(18)7-9-14/h3-9H,10H2,1-2H3,(H,19,21)(H,20,22). The number of rotatable bonds is 5. The number of carbonyl (C=O) groups is 2. The normalized spacial score (nSPS) is 10.0. The first kappa shape index (κ1) is 17.0. The van der Waals surface area contributed by atoms with E-state index in [9.17, 15) is 9.59 Å². The van der Waals surface area contributed by atoms with E-state index in [1.165, 1.54) is 6.92 Å². The highest BCUT2D eigenvalue weighted by molar-refractivity contribution is 9.10. The molecule has 0 spiro atoms. The van der Waals surface area contributed by atoms with Crippen LogP contribution in [0.25, 0.3) is 0 Å². The van der Waals surface area contributed by atoms with Crippen molar-refractivity contribution >= 4 is 39.1 Å². The van der Waals surface area contributed by atoms with Crippen LogP contribution in [-0.4, -0.2) is 18.4 Å². The van der Waals surface area contributed by atoms with Crippen LogP contribution in [0.2, 0.25) is 0 Å². The van der Waals surface area contributed by atoms with Gasteiger partial charge in [0, 0.05) is 22.8 Å². The van der Waals surface area contributed by atoms with Gasteiger partial charge in [0.25, 0.3) is 5.91 Å². The number of halogens is 1. The molecular weight excluding hydrogens is 360 g/mol. The second kappa shape index (κ2) is 7.78. The quantitative estimate of drug-likeness (QED) is 0.835. The number of anilines is 2. The Morgan fingerprint density at radius 3 is 2.26 bits per heavy atom. The minimum absolute atomic E-state index is 0.0918.